The van der Waals surface area contributed by atoms with E-state index in [4.69, 9.17) is 0 Å². The molecule has 3 amide bonds. The summed E-state index contributed by atoms with van der Waals surface area (Å²) in [5.74, 6) is -0.135. The number of aryl methyl sites for hydroxylation is 1. The Hall–Kier alpha value is -3.23. The van der Waals surface area contributed by atoms with Crippen LogP contribution in [0.25, 0.3) is 0 Å². The Kier molecular flexibility index (Phi) is 3.19. The second-order valence-electron chi connectivity index (χ2n) is 7.17. The van der Waals surface area contributed by atoms with Gasteiger partial charge in [0.15, 0.2) is 0 Å². The third-order valence-electron chi connectivity index (χ3n) is 5.40. The van der Waals surface area contributed by atoms with Gasteiger partial charge in [0, 0.05) is 18.9 Å². The van der Waals surface area contributed by atoms with Crippen molar-refractivity contribution in [3.05, 3.63) is 35.7 Å². The van der Waals surface area contributed by atoms with E-state index in [-0.39, 0.29) is 36.6 Å². The largest absolute Gasteiger partial charge is 0.304 e. The third kappa shape index (κ3) is 2.14. The van der Waals surface area contributed by atoms with E-state index in [1.807, 2.05) is 0 Å². The molecule has 5 rings (SSSR count). The monoisotopic (exact) mass is 366 g/mol. The van der Waals surface area contributed by atoms with Gasteiger partial charge in [0.1, 0.15) is 5.82 Å². The first-order chi connectivity index (χ1) is 13.0. The topological polar surface area (TPSA) is 111 Å². The van der Waals surface area contributed by atoms with Gasteiger partial charge >= 0.3 is 0 Å². The zero-order chi connectivity index (χ0) is 18.8. The van der Waals surface area contributed by atoms with Crippen molar-refractivity contribution in [3.63, 3.8) is 0 Å². The number of nitrogens with zero attached hydrogens (tertiary/aromatic N) is 4. The van der Waals surface area contributed by atoms with Crippen LogP contribution in [0.5, 0.6) is 0 Å². The molecular weight excluding hydrogens is 348 g/mol. The molecule has 2 aliphatic heterocycles. The lowest BCUT2D eigenvalue weighted by Crippen LogP contribution is -2.70. The van der Waals surface area contributed by atoms with Gasteiger partial charge in [0.25, 0.3) is 11.8 Å². The standard InChI is InChI=1S/C18H18N6O3/c1-10-19-17(22-21-10)20-16(27)18-9-8-14(25)24(18)13-5-3-2-4-12(13)15(26)23(18)11-6-7-11/h2-5,11H,6-9H2,1H3,(H2,19,20,21,22,27). The summed E-state index contributed by atoms with van der Waals surface area (Å²) in [5.41, 5.74) is -0.432. The molecule has 9 heteroatoms. The highest BCUT2D eigenvalue weighted by molar-refractivity contribution is 6.18. The van der Waals surface area contributed by atoms with Gasteiger partial charge < -0.3 is 4.90 Å². The Morgan fingerprint density at radius 2 is 2.07 bits per heavy atom. The van der Waals surface area contributed by atoms with Gasteiger partial charge in [-0.15, -0.1) is 5.10 Å². The zero-order valence-corrected chi connectivity index (χ0v) is 14.7. The maximum Gasteiger partial charge on any atom is 0.274 e. The number of fused-ring (bicyclic) bond motifs is 3. The maximum atomic E-state index is 13.4. The van der Waals surface area contributed by atoms with E-state index in [2.05, 4.69) is 20.5 Å². The van der Waals surface area contributed by atoms with E-state index >= 15 is 0 Å². The van der Waals surface area contributed by atoms with Gasteiger partial charge in [-0.1, -0.05) is 12.1 Å². The number of carbonyl (C=O) groups excluding carboxylic acids is 3. The number of nitrogens with one attached hydrogen (secondary N) is 2. The Morgan fingerprint density at radius 3 is 2.78 bits per heavy atom. The number of carbonyl (C=O) groups is 3. The van der Waals surface area contributed by atoms with Gasteiger partial charge in [-0.2, -0.15) is 4.98 Å². The summed E-state index contributed by atoms with van der Waals surface area (Å²) in [6.07, 6.45) is 2.10. The van der Waals surface area contributed by atoms with Gasteiger partial charge in [-0.05, 0) is 31.9 Å². The molecule has 138 valence electrons. The minimum atomic E-state index is -1.38. The molecular formula is C18H18N6O3. The van der Waals surface area contributed by atoms with E-state index < -0.39 is 11.6 Å². The van der Waals surface area contributed by atoms with Crippen LogP contribution in [-0.2, 0) is 9.59 Å². The number of H-pyrrole nitrogens is 1. The van der Waals surface area contributed by atoms with Crippen molar-refractivity contribution < 1.29 is 14.4 Å². The second kappa shape index (κ2) is 5.38. The number of hydrogen-bond acceptors (Lipinski definition) is 5. The average Bonchev–Trinajstić information content (AvgIpc) is 3.31. The first-order valence-electron chi connectivity index (χ1n) is 8.98. The summed E-state index contributed by atoms with van der Waals surface area (Å²) >= 11 is 0. The van der Waals surface area contributed by atoms with Crippen molar-refractivity contribution in [3.8, 4) is 0 Å². The minimum absolute atomic E-state index is 0.0427. The van der Waals surface area contributed by atoms with Crippen molar-refractivity contribution in [2.45, 2.75) is 44.3 Å². The highest BCUT2D eigenvalue weighted by Gasteiger charge is 2.63. The average molecular weight is 366 g/mol. The van der Waals surface area contributed by atoms with Crippen molar-refractivity contribution in [1.82, 2.24) is 20.1 Å². The molecule has 1 atom stereocenters. The van der Waals surface area contributed by atoms with Crippen LogP contribution >= 0.6 is 0 Å². The quantitative estimate of drug-likeness (QED) is 0.848. The van der Waals surface area contributed by atoms with Crippen LogP contribution in [0, 0.1) is 6.92 Å². The van der Waals surface area contributed by atoms with Crippen LogP contribution in [0.15, 0.2) is 24.3 Å². The Morgan fingerprint density at radius 1 is 1.30 bits per heavy atom. The minimum Gasteiger partial charge on any atom is -0.304 e. The van der Waals surface area contributed by atoms with Gasteiger partial charge in [-0.3, -0.25) is 29.7 Å². The van der Waals surface area contributed by atoms with E-state index in [9.17, 15) is 14.4 Å². The first kappa shape index (κ1) is 16.0. The summed E-state index contributed by atoms with van der Waals surface area (Å²) < 4.78 is 0. The molecule has 1 aromatic carbocycles. The van der Waals surface area contributed by atoms with E-state index in [1.165, 1.54) is 4.90 Å². The number of benzene rings is 1. The molecule has 2 N–H and O–H groups in total. The molecule has 1 aromatic heterocycles. The van der Waals surface area contributed by atoms with Gasteiger partial charge in [-0.25, -0.2) is 0 Å². The lowest BCUT2D eigenvalue weighted by atomic mass is 9.95. The lowest BCUT2D eigenvalue weighted by Gasteiger charge is -2.49. The molecule has 0 spiro atoms. The molecule has 1 saturated carbocycles. The van der Waals surface area contributed by atoms with Crippen molar-refractivity contribution >= 4 is 29.4 Å². The normalized spacial score (nSPS) is 24.0. The van der Waals surface area contributed by atoms with E-state index in [0.29, 0.717) is 17.1 Å². The Balaban J connectivity index is 1.66. The van der Waals surface area contributed by atoms with Crippen LogP contribution in [0.4, 0.5) is 11.6 Å². The first-order valence-corrected chi connectivity index (χ1v) is 8.98. The smallest absolute Gasteiger partial charge is 0.274 e. The van der Waals surface area contributed by atoms with Gasteiger partial charge in [0.05, 0.1) is 11.3 Å². The van der Waals surface area contributed by atoms with Crippen LogP contribution in [0.1, 0.15) is 41.9 Å². The SMILES string of the molecule is Cc1nc(NC(=O)C23CCC(=O)N2c2ccccc2C(=O)N3C2CC2)n[nH]1. The molecule has 1 unspecified atom stereocenters. The van der Waals surface area contributed by atoms with Crippen molar-refractivity contribution in [2.24, 2.45) is 0 Å². The molecule has 9 nitrogen and oxygen atoms in total. The summed E-state index contributed by atoms with van der Waals surface area (Å²) in [5, 5.41) is 9.33. The number of hydrogen-bond donors (Lipinski definition) is 2. The maximum absolute atomic E-state index is 13.4. The van der Waals surface area contributed by atoms with E-state index in [1.54, 1.807) is 36.1 Å². The number of anilines is 2. The molecule has 3 aliphatic rings. The number of para-hydroxylation sites is 1. The van der Waals surface area contributed by atoms with Crippen LogP contribution in [-0.4, -0.2) is 49.5 Å². The highest BCUT2D eigenvalue weighted by Crippen LogP contribution is 2.49. The number of aromatic nitrogens is 3. The third-order valence-corrected chi connectivity index (χ3v) is 5.40. The predicted molar refractivity (Wildman–Crippen MR) is 94.8 cm³/mol. The fourth-order valence-electron chi connectivity index (χ4n) is 4.15. The number of rotatable bonds is 3. The second-order valence-corrected chi connectivity index (χ2v) is 7.17. The summed E-state index contributed by atoms with van der Waals surface area (Å²) in [6, 6.07) is 6.93. The molecule has 1 saturated heterocycles. The van der Waals surface area contributed by atoms with Gasteiger partial charge in [0.2, 0.25) is 17.5 Å². The Bertz CT molecular complexity index is 981. The molecule has 27 heavy (non-hydrogen) atoms. The molecule has 3 heterocycles. The Labute approximate surface area is 154 Å². The lowest BCUT2D eigenvalue weighted by molar-refractivity contribution is -0.129. The van der Waals surface area contributed by atoms with Crippen molar-refractivity contribution in [1.29, 1.82) is 0 Å². The van der Waals surface area contributed by atoms with Crippen LogP contribution < -0.4 is 10.2 Å². The van der Waals surface area contributed by atoms with Crippen molar-refractivity contribution in [2.75, 3.05) is 10.2 Å². The summed E-state index contributed by atoms with van der Waals surface area (Å²) in [4.78, 5) is 46.7. The van der Waals surface area contributed by atoms with E-state index in [0.717, 1.165) is 12.8 Å². The highest BCUT2D eigenvalue weighted by atomic mass is 16.2. The summed E-state index contributed by atoms with van der Waals surface area (Å²) in [6.45, 7) is 1.73. The fraction of sp³-hybridized carbons (Fsp3) is 0.389. The van der Waals surface area contributed by atoms with Crippen LogP contribution in [0.3, 0.4) is 0 Å². The predicted octanol–water partition coefficient (Wildman–Crippen LogP) is 1.19. The number of amides is 3. The zero-order valence-electron chi connectivity index (χ0n) is 14.7. The fourth-order valence-corrected chi connectivity index (χ4v) is 4.15. The number of aromatic amines is 1. The molecule has 0 bridgehead atoms. The molecule has 1 aliphatic carbocycles. The van der Waals surface area contributed by atoms with Crippen LogP contribution in [0.2, 0.25) is 0 Å². The molecule has 0 radical (unpaired) electrons. The summed E-state index contributed by atoms with van der Waals surface area (Å²) in [7, 11) is 0. The molecule has 2 fully saturated rings. The molecule has 2 aromatic rings.